The van der Waals surface area contributed by atoms with E-state index < -0.39 is 34.8 Å². The molecule has 8 rings (SSSR count). The van der Waals surface area contributed by atoms with Gasteiger partial charge in [-0.1, -0.05) is 12.6 Å². The number of halogens is 3. The molecule has 16 heteroatoms. The van der Waals surface area contributed by atoms with E-state index in [0.717, 1.165) is 53.3 Å². The quantitative estimate of drug-likeness (QED) is 0.221. The summed E-state index contributed by atoms with van der Waals surface area (Å²) in [6.07, 6.45) is 1.30. The van der Waals surface area contributed by atoms with Gasteiger partial charge in [0.25, 0.3) is 0 Å². The molecule has 2 aromatic heterocycles. The molecule has 54 heavy (non-hydrogen) atoms. The molecule has 1 N–H and O–H groups in total. The number of likely N-dealkylation sites (N-methyl/N-ethyl adjacent to an activating group) is 1. The number of aryl methyl sites for hydroxylation is 1. The van der Waals surface area contributed by atoms with Gasteiger partial charge >= 0.3 is 12.2 Å². The van der Waals surface area contributed by atoms with Crippen molar-refractivity contribution in [2.45, 2.75) is 63.3 Å². The van der Waals surface area contributed by atoms with Crippen LogP contribution in [0.2, 0.25) is 0 Å². The van der Waals surface area contributed by atoms with Crippen molar-refractivity contribution >= 4 is 43.4 Å². The fraction of sp³-hybridized carbons (Fsp3) is 0.526. The number of amides is 1. The first kappa shape index (κ1) is 36.5. The monoisotopic (exact) mass is 767 g/mol. The molecule has 1 unspecified atom stereocenters. The summed E-state index contributed by atoms with van der Waals surface area (Å²) in [5, 5.41) is 8.56. The third-order valence-corrected chi connectivity index (χ3v) is 13.3. The molecule has 3 aliphatic heterocycles. The Bertz CT molecular complexity index is 2240. The van der Waals surface area contributed by atoms with Crippen LogP contribution < -0.4 is 14.4 Å². The maximum atomic E-state index is 14.1. The van der Waals surface area contributed by atoms with Crippen molar-refractivity contribution in [2.24, 2.45) is 5.41 Å². The van der Waals surface area contributed by atoms with Gasteiger partial charge in [-0.3, -0.25) is 9.89 Å². The molecule has 1 aliphatic carbocycles. The summed E-state index contributed by atoms with van der Waals surface area (Å²) in [5.41, 5.74) is 3.87. The predicted octanol–water partition coefficient (Wildman–Crippen LogP) is 5.41. The third kappa shape index (κ3) is 6.86. The van der Waals surface area contributed by atoms with E-state index in [4.69, 9.17) is 19.4 Å². The molecule has 4 aromatic rings. The standard InChI is InChI=1S/C38H44F3N7O5S/c1-5-30(49)48-19-37(20-48)11-13-47(14-12-37)35-25-16-24(23-7-8-23)32(31-22(2)6-9-27-26(31)17-42-45-27)34(52-21-38(39,40)41)33(25)43-36(44-35)53-29-10-15-54(50,51)18-28(29)46(3)4/h5-6,9,16-17,23,28-29H,1,7-8,10-15,18-21H2,2-4H3,(H,42,45)/t28-,29?/m1/s1. The van der Waals surface area contributed by atoms with Crippen LogP contribution in [0.15, 0.2) is 37.1 Å². The molecule has 4 aliphatic rings. The highest BCUT2D eigenvalue weighted by Gasteiger charge is 2.47. The SMILES string of the molecule is C=CC(=O)N1CC2(CCN(c3nc(OC4CCS(=O)(=O)C[C@H]4N(C)C)nc4c(OCC(F)(F)F)c(-c5c(C)ccc6[nH]ncc56)c(C5CC5)cc34)CC2)C1. The van der Waals surface area contributed by atoms with Crippen molar-refractivity contribution in [3.63, 3.8) is 0 Å². The van der Waals surface area contributed by atoms with Crippen LogP contribution >= 0.6 is 0 Å². The zero-order chi connectivity index (χ0) is 38.2. The lowest BCUT2D eigenvalue weighted by atomic mass is 9.72. The van der Waals surface area contributed by atoms with Gasteiger partial charge in [0.15, 0.2) is 22.2 Å². The Balaban J connectivity index is 1.30. The van der Waals surface area contributed by atoms with E-state index in [1.165, 1.54) is 6.08 Å². The van der Waals surface area contributed by atoms with Crippen LogP contribution in [0, 0.1) is 12.3 Å². The normalized spacial score (nSPS) is 22.5. The van der Waals surface area contributed by atoms with Crippen LogP contribution in [-0.4, -0.2) is 121 Å². The largest absolute Gasteiger partial charge is 0.481 e. The molecule has 3 saturated heterocycles. The Morgan fingerprint density at radius 2 is 1.85 bits per heavy atom. The minimum Gasteiger partial charge on any atom is -0.481 e. The van der Waals surface area contributed by atoms with Gasteiger partial charge in [-0.2, -0.15) is 28.2 Å². The van der Waals surface area contributed by atoms with E-state index in [9.17, 15) is 26.4 Å². The molecule has 4 fully saturated rings. The Hall–Kier alpha value is -4.44. The maximum Gasteiger partial charge on any atom is 0.422 e. The number of anilines is 1. The number of sulfone groups is 1. The van der Waals surface area contributed by atoms with Crippen molar-refractivity contribution in [2.75, 3.05) is 63.3 Å². The fourth-order valence-electron chi connectivity index (χ4n) is 8.49. The summed E-state index contributed by atoms with van der Waals surface area (Å²) in [6, 6.07) is 5.28. The highest BCUT2D eigenvalue weighted by Crippen LogP contribution is 2.53. The number of likely N-dealkylation sites (tertiary alicyclic amines) is 1. The number of ether oxygens (including phenoxy) is 2. The molecule has 1 saturated carbocycles. The van der Waals surface area contributed by atoms with E-state index in [0.29, 0.717) is 42.9 Å². The summed E-state index contributed by atoms with van der Waals surface area (Å²) in [5.74, 6) is 0.364. The number of carbonyl (C=O) groups excluding carboxylic acids is 1. The van der Waals surface area contributed by atoms with Crippen molar-refractivity contribution in [1.82, 2.24) is 30.0 Å². The smallest absolute Gasteiger partial charge is 0.422 e. The molecule has 1 spiro atoms. The number of H-pyrrole nitrogens is 1. The fourth-order valence-corrected chi connectivity index (χ4v) is 10.3. The number of fused-ring (bicyclic) bond motifs is 2. The van der Waals surface area contributed by atoms with Crippen LogP contribution in [0.5, 0.6) is 11.8 Å². The van der Waals surface area contributed by atoms with Gasteiger partial charge in [-0.15, -0.1) is 0 Å². The average Bonchev–Trinajstić information content (AvgIpc) is 3.85. The lowest BCUT2D eigenvalue weighted by Gasteiger charge is -2.54. The third-order valence-electron chi connectivity index (χ3n) is 11.6. The van der Waals surface area contributed by atoms with Gasteiger partial charge in [0, 0.05) is 47.9 Å². The number of nitrogens with one attached hydrogen (secondary N) is 1. The van der Waals surface area contributed by atoms with Crippen molar-refractivity contribution in [3.05, 3.63) is 48.2 Å². The molecule has 5 heterocycles. The highest BCUT2D eigenvalue weighted by molar-refractivity contribution is 7.91. The van der Waals surface area contributed by atoms with Crippen molar-refractivity contribution in [1.29, 1.82) is 0 Å². The Morgan fingerprint density at radius 1 is 1.11 bits per heavy atom. The molecular weight excluding hydrogens is 724 g/mol. The number of hydrogen-bond acceptors (Lipinski definition) is 10. The minimum atomic E-state index is -4.64. The number of carbonyl (C=O) groups is 1. The topological polar surface area (TPSA) is 134 Å². The number of aromatic amines is 1. The molecular formula is C38H44F3N7O5S. The number of alkyl halides is 3. The predicted molar refractivity (Wildman–Crippen MR) is 199 cm³/mol. The summed E-state index contributed by atoms with van der Waals surface area (Å²) in [6.45, 7) is 6.47. The van der Waals surface area contributed by atoms with Crippen LogP contribution in [-0.2, 0) is 14.6 Å². The zero-order valence-corrected chi connectivity index (χ0v) is 31.4. The first-order valence-corrected chi connectivity index (χ1v) is 20.2. The van der Waals surface area contributed by atoms with E-state index in [1.807, 2.05) is 25.1 Å². The molecule has 1 amide bonds. The molecule has 0 radical (unpaired) electrons. The van der Waals surface area contributed by atoms with E-state index >= 15 is 0 Å². The minimum absolute atomic E-state index is 0.00143. The first-order chi connectivity index (χ1) is 25.6. The summed E-state index contributed by atoms with van der Waals surface area (Å²) < 4.78 is 80.0. The van der Waals surface area contributed by atoms with E-state index in [2.05, 4.69) is 21.7 Å². The Labute approximate surface area is 311 Å². The molecule has 2 aromatic carbocycles. The van der Waals surface area contributed by atoms with E-state index in [1.54, 1.807) is 30.1 Å². The lowest BCUT2D eigenvalue weighted by Crippen LogP contribution is -2.61. The molecule has 0 bridgehead atoms. The number of piperidine rings is 1. The number of aromatic nitrogens is 4. The molecule has 288 valence electrons. The van der Waals surface area contributed by atoms with Gasteiger partial charge in [-0.25, -0.2) is 8.42 Å². The second-order valence-electron chi connectivity index (χ2n) is 15.6. The Kier molecular flexibility index (Phi) is 9.06. The van der Waals surface area contributed by atoms with Crippen molar-refractivity contribution < 1.29 is 35.9 Å². The van der Waals surface area contributed by atoms with Crippen LogP contribution in [0.25, 0.3) is 32.9 Å². The van der Waals surface area contributed by atoms with Crippen molar-refractivity contribution in [3.8, 4) is 22.9 Å². The van der Waals surface area contributed by atoms with E-state index in [-0.39, 0.29) is 52.4 Å². The average molecular weight is 768 g/mol. The second-order valence-corrected chi connectivity index (χ2v) is 17.9. The number of hydrogen-bond donors (Lipinski definition) is 1. The van der Waals surface area contributed by atoms with Gasteiger partial charge in [0.1, 0.15) is 17.4 Å². The summed E-state index contributed by atoms with van der Waals surface area (Å²) in [7, 11) is 0.270. The summed E-state index contributed by atoms with van der Waals surface area (Å²) >= 11 is 0. The van der Waals surface area contributed by atoms with Gasteiger partial charge in [-0.05, 0) is 93.9 Å². The highest BCUT2D eigenvalue weighted by atomic mass is 32.2. The molecule has 2 atom stereocenters. The molecule has 12 nitrogen and oxygen atoms in total. The first-order valence-electron chi connectivity index (χ1n) is 18.4. The van der Waals surface area contributed by atoms with Gasteiger partial charge in [0.05, 0.1) is 29.3 Å². The van der Waals surface area contributed by atoms with Gasteiger partial charge in [0.2, 0.25) is 5.91 Å². The number of rotatable bonds is 9. The number of nitrogens with zero attached hydrogens (tertiary/aromatic N) is 6. The number of benzene rings is 2. The lowest BCUT2D eigenvalue weighted by molar-refractivity contribution is -0.153. The Morgan fingerprint density at radius 3 is 2.52 bits per heavy atom. The maximum absolute atomic E-state index is 14.1. The van der Waals surface area contributed by atoms with Crippen LogP contribution in [0.4, 0.5) is 19.0 Å². The second kappa shape index (κ2) is 13.4. The van der Waals surface area contributed by atoms with Gasteiger partial charge < -0.3 is 24.2 Å². The zero-order valence-electron chi connectivity index (χ0n) is 30.6. The van der Waals surface area contributed by atoms with Crippen LogP contribution in [0.3, 0.4) is 0 Å². The van der Waals surface area contributed by atoms with Crippen LogP contribution in [0.1, 0.15) is 49.1 Å². The summed E-state index contributed by atoms with van der Waals surface area (Å²) in [4.78, 5) is 27.8.